The monoisotopic (exact) mass is 452 g/mol. The molecule has 3 aromatic rings. The zero-order valence-corrected chi connectivity index (χ0v) is 16.9. The number of nitrogens with one attached hydrogen (secondary N) is 1. The molecule has 29 heavy (non-hydrogen) atoms. The fraction of sp³-hybridized carbons (Fsp3) is 0.0909. The Balaban J connectivity index is 1.44. The molecule has 1 aliphatic rings. The SMILES string of the molecule is O=C(N/N=C/c1ccc2c(c1)OCO2)c1ccc(Br)cc1OCc1ccccc1. The molecule has 0 saturated heterocycles. The highest BCUT2D eigenvalue weighted by Crippen LogP contribution is 2.32. The van der Waals surface area contributed by atoms with E-state index in [4.69, 9.17) is 14.2 Å². The summed E-state index contributed by atoms with van der Waals surface area (Å²) >= 11 is 3.42. The van der Waals surface area contributed by atoms with Crippen LogP contribution in [0.4, 0.5) is 0 Å². The maximum Gasteiger partial charge on any atom is 0.275 e. The first-order valence-corrected chi connectivity index (χ1v) is 9.68. The summed E-state index contributed by atoms with van der Waals surface area (Å²) in [6.07, 6.45) is 1.54. The number of fused-ring (bicyclic) bond motifs is 1. The number of hydrazone groups is 1. The van der Waals surface area contributed by atoms with Gasteiger partial charge in [0.1, 0.15) is 12.4 Å². The van der Waals surface area contributed by atoms with Gasteiger partial charge >= 0.3 is 0 Å². The zero-order chi connectivity index (χ0) is 20.1. The molecule has 4 rings (SSSR count). The average Bonchev–Trinajstić information content (AvgIpc) is 3.21. The van der Waals surface area contributed by atoms with E-state index in [2.05, 4.69) is 26.5 Å². The van der Waals surface area contributed by atoms with Crippen LogP contribution >= 0.6 is 15.9 Å². The minimum absolute atomic E-state index is 0.210. The number of hydrogen-bond acceptors (Lipinski definition) is 5. The third-order valence-corrected chi connectivity index (χ3v) is 4.70. The third-order valence-electron chi connectivity index (χ3n) is 4.20. The topological polar surface area (TPSA) is 69.2 Å². The van der Waals surface area contributed by atoms with E-state index in [1.54, 1.807) is 36.5 Å². The van der Waals surface area contributed by atoms with Crippen molar-refractivity contribution in [2.24, 2.45) is 5.10 Å². The highest BCUT2D eigenvalue weighted by atomic mass is 79.9. The van der Waals surface area contributed by atoms with Gasteiger partial charge in [0.2, 0.25) is 6.79 Å². The van der Waals surface area contributed by atoms with Gasteiger partial charge in [-0.1, -0.05) is 46.3 Å². The van der Waals surface area contributed by atoms with E-state index in [0.717, 1.165) is 15.6 Å². The number of amides is 1. The van der Waals surface area contributed by atoms with Gasteiger partial charge in [0.25, 0.3) is 5.91 Å². The van der Waals surface area contributed by atoms with Gasteiger partial charge in [-0.2, -0.15) is 5.10 Å². The van der Waals surface area contributed by atoms with E-state index in [9.17, 15) is 4.79 Å². The normalized spacial score (nSPS) is 12.2. The molecule has 1 amide bonds. The average molecular weight is 453 g/mol. The van der Waals surface area contributed by atoms with Crippen molar-refractivity contribution < 1.29 is 19.0 Å². The summed E-state index contributed by atoms with van der Waals surface area (Å²) in [5.74, 6) is 1.46. The number of hydrogen-bond donors (Lipinski definition) is 1. The van der Waals surface area contributed by atoms with E-state index in [1.165, 1.54) is 0 Å². The lowest BCUT2D eigenvalue weighted by Gasteiger charge is -2.11. The summed E-state index contributed by atoms with van der Waals surface area (Å²) in [6.45, 7) is 0.569. The Morgan fingerprint density at radius 2 is 1.90 bits per heavy atom. The smallest absolute Gasteiger partial charge is 0.275 e. The van der Waals surface area contributed by atoms with Crippen molar-refractivity contribution in [2.75, 3.05) is 6.79 Å². The number of benzene rings is 3. The van der Waals surface area contributed by atoms with Gasteiger partial charge in [-0.05, 0) is 47.5 Å². The lowest BCUT2D eigenvalue weighted by Crippen LogP contribution is -2.18. The number of nitrogens with zero attached hydrogens (tertiary/aromatic N) is 1. The Bertz CT molecular complexity index is 1050. The molecule has 6 nitrogen and oxygen atoms in total. The summed E-state index contributed by atoms with van der Waals surface area (Å²) in [5.41, 5.74) is 4.73. The summed E-state index contributed by atoms with van der Waals surface area (Å²) < 4.78 is 17.3. The number of rotatable bonds is 6. The second-order valence-electron chi connectivity index (χ2n) is 6.23. The second-order valence-corrected chi connectivity index (χ2v) is 7.14. The van der Waals surface area contributed by atoms with Crippen LogP contribution in [-0.2, 0) is 6.61 Å². The fourth-order valence-electron chi connectivity index (χ4n) is 2.76. The second kappa shape index (κ2) is 8.79. The maximum absolute atomic E-state index is 12.6. The quantitative estimate of drug-likeness (QED) is 0.440. The Morgan fingerprint density at radius 3 is 2.76 bits per heavy atom. The van der Waals surface area contributed by atoms with Crippen molar-refractivity contribution in [1.29, 1.82) is 0 Å². The van der Waals surface area contributed by atoms with Gasteiger partial charge in [-0.25, -0.2) is 5.43 Å². The Morgan fingerprint density at radius 1 is 1.07 bits per heavy atom. The lowest BCUT2D eigenvalue weighted by molar-refractivity contribution is 0.0950. The summed E-state index contributed by atoms with van der Waals surface area (Å²) in [7, 11) is 0. The summed E-state index contributed by atoms with van der Waals surface area (Å²) in [5, 5.41) is 4.04. The van der Waals surface area contributed by atoms with Gasteiger partial charge in [0.15, 0.2) is 11.5 Å². The van der Waals surface area contributed by atoms with Crippen LogP contribution in [0.1, 0.15) is 21.5 Å². The first-order valence-electron chi connectivity index (χ1n) is 8.88. The predicted molar refractivity (Wildman–Crippen MR) is 113 cm³/mol. The van der Waals surface area contributed by atoms with E-state index < -0.39 is 0 Å². The molecule has 1 aliphatic heterocycles. The lowest BCUT2D eigenvalue weighted by atomic mass is 10.2. The van der Waals surface area contributed by atoms with Crippen LogP contribution in [0, 0.1) is 0 Å². The number of halogens is 1. The van der Waals surface area contributed by atoms with Crippen molar-refractivity contribution >= 4 is 28.1 Å². The van der Waals surface area contributed by atoms with Crippen molar-refractivity contribution in [3.8, 4) is 17.2 Å². The molecule has 0 saturated carbocycles. The predicted octanol–water partition coefficient (Wildman–Crippen LogP) is 4.52. The molecule has 0 aliphatic carbocycles. The van der Waals surface area contributed by atoms with Crippen molar-refractivity contribution in [3.63, 3.8) is 0 Å². The van der Waals surface area contributed by atoms with Crippen LogP contribution in [-0.4, -0.2) is 18.9 Å². The fourth-order valence-corrected chi connectivity index (χ4v) is 3.10. The minimum atomic E-state index is -0.363. The molecule has 0 bridgehead atoms. The maximum atomic E-state index is 12.6. The van der Waals surface area contributed by atoms with Gasteiger partial charge in [0, 0.05) is 4.47 Å². The van der Waals surface area contributed by atoms with E-state index in [1.807, 2.05) is 36.4 Å². The number of carbonyl (C=O) groups is 1. The molecule has 0 spiro atoms. The molecule has 0 fully saturated rings. The van der Waals surface area contributed by atoms with Crippen LogP contribution in [0.15, 0.2) is 76.3 Å². The molecule has 0 radical (unpaired) electrons. The van der Waals surface area contributed by atoms with Crippen molar-refractivity contribution in [1.82, 2.24) is 5.43 Å². The Labute approximate surface area is 176 Å². The molecule has 1 heterocycles. The molecular formula is C22H17BrN2O4. The molecule has 0 aromatic heterocycles. The highest BCUT2D eigenvalue weighted by molar-refractivity contribution is 9.10. The summed E-state index contributed by atoms with van der Waals surface area (Å²) in [6, 6.07) is 20.4. The molecule has 146 valence electrons. The van der Waals surface area contributed by atoms with Crippen LogP contribution in [0.3, 0.4) is 0 Å². The van der Waals surface area contributed by atoms with E-state index >= 15 is 0 Å². The largest absolute Gasteiger partial charge is 0.488 e. The highest BCUT2D eigenvalue weighted by Gasteiger charge is 2.14. The van der Waals surface area contributed by atoms with Crippen molar-refractivity contribution in [3.05, 3.63) is 87.9 Å². The first-order chi connectivity index (χ1) is 14.2. The number of ether oxygens (including phenoxy) is 3. The van der Waals surface area contributed by atoms with E-state index in [-0.39, 0.29) is 12.7 Å². The molecule has 3 aromatic carbocycles. The van der Waals surface area contributed by atoms with Gasteiger partial charge in [-0.3, -0.25) is 4.79 Å². The summed E-state index contributed by atoms with van der Waals surface area (Å²) in [4.78, 5) is 12.6. The van der Waals surface area contributed by atoms with Crippen LogP contribution in [0.2, 0.25) is 0 Å². The Kier molecular flexibility index (Phi) is 5.76. The Hall–Kier alpha value is -3.32. The van der Waals surface area contributed by atoms with Crippen molar-refractivity contribution in [2.45, 2.75) is 6.61 Å². The van der Waals surface area contributed by atoms with Crippen LogP contribution in [0.5, 0.6) is 17.2 Å². The van der Waals surface area contributed by atoms with Gasteiger partial charge in [0.05, 0.1) is 11.8 Å². The minimum Gasteiger partial charge on any atom is -0.488 e. The molecule has 7 heteroatoms. The molecule has 0 atom stereocenters. The standard InChI is InChI=1S/C22H17BrN2O4/c23-17-7-8-18(20(11-17)27-13-15-4-2-1-3-5-15)22(26)25-24-12-16-6-9-19-21(10-16)29-14-28-19/h1-12H,13-14H2,(H,25,26)/b24-12+. The van der Waals surface area contributed by atoms with Crippen LogP contribution < -0.4 is 19.6 Å². The molecular weight excluding hydrogens is 436 g/mol. The van der Waals surface area contributed by atoms with Gasteiger partial charge < -0.3 is 14.2 Å². The third kappa shape index (κ3) is 4.75. The molecule has 1 N–H and O–H groups in total. The van der Waals surface area contributed by atoms with Gasteiger partial charge in [-0.15, -0.1) is 0 Å². The molecule has 0 unspecified atom stereocenters. The van der Waals surface area contributed by atoms with E-state index in [0.29, 0.717) is 29.4 Å². The van der Waals surface area contributed by atoms with Crippen LogP contribution in [0.25, 0.3) is 0 Å². The zero-order valence-electron chi connectivity index (χ0n) is 15.3. The number of carbonyl (C=O) groups excluding carboxylic acids is 1. The first kappa shape index (κ1) is 19.0.